The van der Waals surface area contributed by atoms with E-state index in [1.807, 2.05) is 6.07 Å². The summed E-state index contributed by atoms with van der Waals surface area (Å²) in [5, 5.41) is 15.4. The highest BCUT2D eigenvalue weighted by atomic mass is 19.1. The summed E-state index contributed by atoms with van der Waals surface area (Å²) < 4.78 is 20.4. The van der Waals surface area contributed by atoms with Gasteiger partial charge in [-0.1, -0.05) is 6.07 Å². The molecular formula is C23H22FN7O2. The largest absolute Gasteiger partial charge is 0.367 e. The number of hydrogen-bond acceptors (Lipinski definition) is 8. The van der Waals surface area contributed by atoms with E-state index < -0.39 is 5.82 Å². The lowest BCUT2D eigenvalue weighted by Gasteiger charge is -2.14. The smallest absolute Gasteiger partial charge is 0.279 e. The van der Waals surface area contributed by atoms with E-state index in [-0.39, 0.29) is 28.4 Å². The van der Waals surface area contributed by atoms with Gasteiger partial charge >= 0.3 is 0 Å². The van der Waals surface area contributed by atoms with Crippen LogP contribution in [0.5, 0.6) is 0 Å². The lowest BCUT2D eigenvalue weighted by Crippen LogP contribution is -2.22. The molecule has 0 bridgehead atoms. The number of nitrogens with zero attached hydrogens (tertiary/aromatic N) is 5. The summed E-state index contributed by atoms with van der Waals surface area (Å²) in [6.45, 7) is 0. The van der Waals surface area contributed by atoms with E-state index in [4.69, 9.17) is 4.52 Å². The van der Waals surface area contributed by atoms with Crippen LogP contribution in [0.3, 0.4) is 0 Å². The van der Waals surface area contributed by atoms with Gasteiger partial charge in [-0.15, -0.1) is 0 Å². The van der Waals surface area contributed by atoms with E-state index in [9.17, 15) is 9.18 Å². The van der Waals surface area contributed by atoms with E-state index in [0.29, 0.717) is 17.6 Å². The third-order valence-corrected chi connectivity index (χ3v) is 6.26. The van der Waals surface area contributed by atoms with E-state index in [0.717, 1.165) is 43.8 Å². The van der Waals surface area contributed by atoms with Gasteiger partial charge in [-0.3, -0.25) is 4.79 Å². The maximum atomic E-state index is 13.9. The first-order chi connectivity index (χ1) is 16.1. The summed E-state index contributed by atoms with van der Waals surface area (Å²) in [6, 6.07) is 8.55. The maximum absolute atomic E-state index is 13.9. The Labute approximate surface area is 188 Å². The molecule has 9 nitrogen and oxygen atoms in total. The second-order valence-electron chi connectivity index (χ2n) is 8.69. The number of benzene rings is 1. The molecule has 33 heavy (non-hydrogen) atoms. The Morgan fingerprint density at radius 2 is 1.85 bits per heavy atom. The number of anilines is 2. The Bertz CT molecular complexity index is 1360. The maximum Gasteiger partial charge on any atom is 0.279 e. The standard InChI is InChI=1S/C23H22FN7O2/c24-19-3-1-2-17-18(19)12-26-31(22(17)32)16-8-9-20(25-11-16)27-14-6-7-15(10-14)28-23-29-21(33-30-23)13-4-5-13/h1-3,8-9,11-15H,4-7,10H2,(H,25,27)(H,28,30)/t14-,15-/m0/s1. The van der Waals surface area contributed by atoms with Gasteiger partial charge < -0.3 is 15.2 Å². The second kappa shape index (κ2) is 7.95. The van der Waals surface area contributed by atoms with Gasteiger partial charge in [0.05, 0.1) is 23.5 Å². The van der Waals surface area contributed by atoms with Crippen molar-refractivity contribution >= 4 is 22.5 Å². The van der Waals surface area contributed by atoms with Crippen molar-refractivity contribution in [1.82, 2.24) is 24.9 Å². The molecule has 0 unspecified atom stereocenters. The van der Waals surface area contributed by atoms with Crippen molar-refractivity contribution in [2.24, 2.45) is 0 Å². The highest BCUT2D eigenvalue weighted by Crippen LogP contribution is 2.39. The lowest BCUT2D eigenvalue weighted by molar-refractivity contribution is 0.379. The molecule has 0 saturated heterocycles. The van der Waals surface area contributed by atoms with Crippen LogP contribution >= 0.6 is 0 Å². The lowest BCUT2D eigenvalue weighted by atomic mass is 10.2. The normalized spacial score (nSPS) is 20.3. The fourth-order valence-corrected chi connectivity index (χ4v) is 4.34. The number of hydrogen-bond donors (Lipinski definition) is 2. The van der Waals surface area contributed by atoms with E-state index in [2.05, 4.69) is 30.9 Å². The molecule has 0 spiro atoms. The minimum absolute atomic E-state index is 0.207. The van der Waals surface area contributed by atoms with E-state index in [1.165, 1.54) is 23.0 Å². The summed E-state index contributed by atoms with van der Waals surface area (Å²) in [4.78, 5) is 21.6. The summed E-state index contributed by atoms with van der Waals surface area (Å²) in [5.41, 5.74) is 0.136. The zero-order valence-corrected chi connectivity index (χ0v) is 17.7. The minimum Gasteiger partial charge on any atom is -0.367 e. The molecule has 6 rings (SSSR count). The number of aromatic nitrogens is 5. The van der Waals surface area contributed by atoms with Crippen LogP contribution in [0.25, 0.3) is 16.5 Å². The van der Waals surface area contributed by atoms with Crippen molar-refractivity contribution < 1.29 is 8.91 Å². The van der Waals surface area contributed by atoms with Crippen LogP contribution < -0.4 is 16.2 Å². The van der Waals surface area contributed by atoms with Crippen molar-refractivity contribution in [3.8, 4) is 5.69 Å². The molecule has 2 saturated carbocycles. The fraction of sp³-hybridized carbons (Fsp3) is 0.348. The Balaban J connectivity index is 1.11. The Kier molecular flexibility index (Phi) is 4.78. The Morgan fingerprint density at radius 3 is 2.64 bits per heavy atom. The Hall–Kier alpha value is -3.82. The first-order valence-corrected chi connectivity index (χ1v) is 11.1. The van der Waals surface area contributed by atoms with Crippen LogP contribution in [0.4, 0.5) is 16.2 Å². The molecule has 1 aromatic carbocycles. The fourth-order valence-electron chi connectivity index (χ4n) is 4.34. The molecule has 0 amide bonds. The van der Waals surface area contributed by atoms with Crippen LogP contribution in [0.2, 0.25) is 0 Å². The summed E-state index contributed by atoms with van der Waals surface area (Å²) in [5.74, 6) is 2.01. The predicted molar refractivity (Wildman–Crippen MR) is 120 cm³/mol. The third-order valence-electron chi connectivity index (χ3n) is 6.26. The first kappa shape index (κ1) is 19.8. The first-order valence-electron chi connectivity index (χ1n) is 11.1. The molecule has 2 fully saturated rings. The SMILES string of the molecule is O=c1c2cccc(F)c2cnn1-c1ccc(N[C@H]2CC[C@H](Nc3noc(C4CC4)n3)C2)nc1. The van der Waals surface area contributed by atoms with Gasteiger partial charge in [0.2, 0.25) is 5.89 Å². The average Bonchev–Trinajstić information content (AvgIpc) is 3.42. The summed E-state index contributed by atoms with van der Waals surface area (Å²) in [6.07, 6.45) is 8.11. The topological polar surface area (TPSA) is 111 Å². The van der Waals surface area contributed by atoms with E-state index >= 15 is 0 Å². The molecule has 0 radical (unpaired) electrons. The van der Waals surface area contributed by atoms with Gasteiger partial charge in [-0.2, -0.15) is 14.8 Å². The molecule has 168 valence electrons. The number of halogens is 1. The van der Waals surface area contributed by atoms with Gasteiger partial charge in [-0.25, -0.2) is 9.37 Å². The van der Waals surface area contributed by atoms with Crippen molar-refractivity contribution in [3.63, 3.8) is 0 Å². The van der Waals surface area contributed by atoms with Gasteiger partial charge in [0, 0.05) is 23.4 Å². The van der Waals surface area contributed by atoms with Gasteiger partial charge in [-0.05, 0) is 61.5 Å². The van der Waals surface area contributed by atoms with Crippen LogP contribution in [-0.4, -0.2) is 37.0 Å². The van der Waals surface area contributed by atoms with Gasteiger partial charge in [0.15, 0.2) is 0 Å². The molecule has 3 heterocycles. The molecule has 2 atom stereocenters. The number of fused-ring (bicyclic) bond motifs is 1. The van der Waals surface area contributed by atoms with Crippen LogP contribution in [0.1, 0.15) is 43.9 Å². The average molecular weight is 447 g/mol. The van der Waals surface area contributed by atoms with Gasteiger partial charge in [0.25, 0.3) is 11.5 Å². The molecule has 2 N–H and O–H groups in total. The molecule has 0 aliphatic heterocycles. The van der Waals surface area contributed by atoms with Crippen LogP contribution in [0.15, 0.2) is 52.0 Å². The molecule has 10 heteroatoms. The van der Waals surface area contributed by atoms with Crippen LogP contribution in [-0.2, 0) is 0 Å². The number of nitrogens with one attached hydrogen (secondary N) is 2. The highest BCUT2D eigenvalue weighted by Gasteiger charge is 2.31. The predicted octanol–water partition coefficient (Wildman–Crippen LogP) is 3.63. The van der Waals surface area contributed by atoms with Crippen molar-refractivity contribution in [2.45, 2.75) is 50.1 Å². The summed E-state index contributed by atoms with van der Waals surface area (Å²) in [7, 11) is 0. The Morgan fingerprint density at radius 1 is 1.00 bits per heavy atom. The minimum atomic E-state index is -0.464. The number of pyridine rings is 1. The monoisotopic (exact) mass is 447 g/mol. The zero-order valence-electron chi connectivity index (χ0n) is 17.7. The van der Waals surface area contributed by atoms with Crippen molar-refractivity contribution in [3.05, 3.63) is 64.8 Å². The third kappa shape index (κ3) is 3.92. The van der Waals surface area contributed by atoms with Gasteiger partial charge in [0.1, 0.15) is 11.6 Å². The molecular weight excluding hydrogens is 425 g/mol. The second-order valence-corrected chi connectivity index (χ2v) is 8.69. The highest BCUT2D eigenvalue weighted by molar-refractivity contribution is 5.81. The van der Waals surface area contributed by atoms with Crippen molar-refractivity contribution in [1.29, 1.82) is 0 Å². The zero-order chi connectivity index (χ0) is 22.4. The summed E-state index contributed by atoms with van der Waals surface area (Å²) >= 11 is 0. The molecule has 2 aliphatic rings. The van der Waals surface area contributed by atoms with Crippen molar-refractivity contribution in [2.75, 3.05) is 10.6 Å². The quantitative estimate of drug-likeness (QED) is 0.461. The van der Waals surface area contributed by atoms with E-state index in [1.54, 1.807) is 18.3 Å². The molecule has 3 aromatic heterocycles. The molecule has 2 aliphatic carbocycles. The molecule has 4 aromatic rings. The number of rotatable bonds is 6. The van der Waals surface area contributed by atoms with Crippen LogP contribution in [0, 0.1) is 5.82 Å².